The number of para-hydroxylation sites is 4. The lowest BCUT2D eigenvalue weighted by Crippen LogP contribution is -2.32. The number of hydrogen-bond acceptors (Lipinski definition) is 5. The number of nitrogens with zero attached hydrogens (tertiary/aromatic N) is 3. The monoisotopic (exact) mass is 531 g/mol. The Morgan fingerprint density at radius 1 is 0.525 bits per heavy atom. The summed E-state index contributed by atoms with van der Waals surface area (Å²) in [6.45, 7) is 0. The first-order chi connectivity index (χ1) is 19.9. The first-order valence-corrected chi connectivity index (χ1v) is 14.2. The minimum absolute atomic E-state index is 0.522. The summed E-state index contributed by atoms with van der Waals surface area (Å²) < 4.78 is 6.35. The zero-order chi connectivity index (χ0) is 26.3. The van der Waals surface area contributed by atoms with Gasteiger partial charge in [-0.25, -0.2) is 0 Å². The van der Waals surface area contributed by atoms with Crippen molar-refractivity contribution >= 4 is 28.8 Å². The van der Waals surface area contributed by atoms with Crippen LogP contribution in [0, 0.1) is 0 Å². The molecule has 0 saturated heterocycles. The molecule has 4 aromatic carbocycles. The molecular formula is C35H21N3OS. The molecule has 0 radical (unpaired) electrons. The third-order valence-electron chi connectivity index (χ3n) is 8.22. The Balaban J connectivity index is 1.40. The molecule has 0 bridgehead atoms. The summed E-state index contributed by atoms with van der Waals surface area (Å²) >= 11 is 1.84. The van der Waals surface area contributed by atoms with Crippen molar-refractivity contribution in [2.24, 2.45) is 0 Å². The number of hydrogen-bond donors (Lipinski definition) is 0. The molecule has 0 atom stereocenters. The molecule has 1 spiro atoms. The van der Waals surface area contributed by atoms with Crippen LogP contribution in [0.1, 0.15) is 22.3 Å². The summed E-state index contributed by atoms with van der Waals surface area (Å²) in [4.78, 5) is 14.6. The summed E-state index contributed by atoms with van der Waals surface area (Å²) in [6.07, 6.45) is 3.75. The van der Waals surface area contributed by atoms with E-state index in [0.29, 0.717) is 0 Å². The van der Waals surface area contributed by atoms with Gasteiger partial charge in [-0.3, -0.25) is 9.97 Å². The Morgan fingerprint density at radius 3 is 1.77 bits per heavy atom. The van der Waals surface area contributed by atoms with Crippen molar-refractivity contribution in [3.8, 4) is 22.9 Å². The molecular weight excluding hydrogens is 510 g/mol. The van der Waals surface area contributed by atoms with E-state index < -0.39 is 5.41 Å². The van der Waals surface area contributed by atoms with E-state index in [-0.39, 0.29) is 0 Å². The molecule has 0 unspecified atom stereocenters. The summed E-state index contributed by atoms with van der Waals surface area (Å²) in [7, 11) is 0. The van der Waals surface area contributed by atoms with Crippen molar-refractivity contribution in [1.29, 1.82) is 0 Å². The second-order valence-corrected chi connectivity index (χ2v) is 11.2. The number of pyridine rings is 2. The summed E-state index contributed by atoms with van der Waals surface area (Å²) in [5.74, 6) is 1.69. The van der Waals surface area contributed by atoms with Gasteiger partial charge in [-0.05, 0) is 70.8 Å². The second-order valence-electron chi connectivity index (χ2n) is 10.2. The molecule has 40 heavy (non-hydrogen) atoms. The number of ether oxygens (including phenoxy) is 1. The fraction of sp³-hybridized carbons (Fsp3) is 0.0286. The van der Waals surface area contributed by atoms with Crippen molar-refractivity contribution in [3.05, 3.63) is 150 Å². The first-order valence-electron chi connectivity index (χ1n) is 13.3. The van der Waals surface area contributed by atoms with Crippen molar-refractivity contribution in [2.45, 2.75) is 15.2 Å². The molecule has 0 saturated carbocycles. The van der Waals surface area contributed by atoms with Gasteiger partial charge in [0.25, 0.3) is 0 Å². The van der Waals surface area contributed by atoms with Gasteiger partial charge in [0.15, 0.2) is 11.5 Å². The van der Waals surface area contributed by atoms with Crippen LogP contribution in [0.5, 0.6) is 11.5 Å². The normalized spacial score (nSPS) is 14.8. The Bertz CT molecular complexity index is 1910. The van der Waals surface area contributed by atoms with Crippen LogP contribution < -0.4 is 9.64 Å². The van der Waals surface area contributed by atoms with E-state index in [1.165, 1.54) is 32.0 Å². The van der Waals surface area contributed by atoms with Gasteiger partial charge in [0.1, 0.15) is 0 Å². The smallest absolute Gasteiger partial charge is 0.151 e. The second kappa shape index (κ2) is 8.07. The predicted octanol–water partition coefficient (Wildman–Crippen LogP) is 8.88. The van der Waals surface area contributed by atoms with Gasteiger partial charge >= 0.3 is 0 Å². The zero-order valence-corrected chi connectivity index (χ0v) is 22.1. The highest BCUT2D eigenvalue weighted by Gasteiger charge is 2.52. The van der Waals surface area contributed by atoms with Crippen LogP contribution in [0.2, 0.25) is 0 Å². The molecule has 5 heteroatoms. The molecule has 0 amide bonds. The van der Waals surface area contributed by atoms with Gasteiger partial charge in [-0.2, -0.15) is 0 Å². The summed E-state index contributed by atoms with van der Waals surface area (Å²) in [6, 6.07) is 40.6. The highest BCUT2D eigenvalue weighted by Crippen LogP contribution is 2.63. The average molecular weight is 532 g/mol. The maximum Gasteiger partial charge on any atom is 0.151 e. The third kappa shape index (κ3) is 2.72. The number of anilines is 3. The molecule has 4 heterocycles. The average Bonchev–Trinajstić information content (AvgIpc) is 3.31. The first kappa shape index (κ1) is 22.0. The molecule has 1 aliphatic carbocycles. The number of aromatic nitrogens is 2. The third-order valence-corrected chi connectivity index (χ3v) is 9.43. The zero-order valence-electron chi connectivity index (χ0n) is 21.3. The molecule has 9 rings (SSSR count). The van der Waals surface area contributed by atoms with E-state index in [0.717, 1.165) is 39.9 Å². The SMILES string of the molecule is c1ccc2c(c1)Oc1ccccc1N2c1cccc2c1Sc1ccccc1C21c2cccnc2-c2ncccc21. The van der Waals surface area contributed by atoms with Crippen LogP contribution in [-0.4, -0.2) is 9.97 Å². The van der Waals surface area contributed by atoms with Gasteiger partial charge < -0.3 is 9.64 Å². The van der Waals surface area contributed by atoms with E-state index in [4.69, 9.17) is 14.7 Å². The van der Waals surface area contributed by atoms with Crippen LogP contribution >= 0.6 is 11.8 Å². The number of fused-ring (bicyclic) bond motifs is 11. The van der Waals surface area contributed by atoms with Crippen LogP contribution in [0.15, 0.2) is 137 Å². The van der Waals surface area contributed by atoms with Gasteiger partial charge in [0, 0.05) is 22.2 Å². The molecule has 2 aromatic heterocycles. The predicted molar refractivity (Wildman–Crippen MR) is 158 cm³/mol. The minimum atomic E-state index is -0.522. The van der Waals surface area contributed by atoms with E-state index in [2.05, 4.69) is 95.9 Å². The Labute approximate surface area is 236 Å². The topological polar surface area (TPSA) is 38.2 Å². The Morgan fingerprint density at radius 2 is 1.07 bits per heavy atom. The Kier molecular flexibility index (Phi) is 4.44. The van der Waals surface area contributed by atoms with E-state index >= 15 is 0 Å². The van der Waals surface area contributed by atoms with Gasteiger partial charge in [-0.1, -0.05) is 78.5 Å². The van der Waals surface area contributed by atoms with Gasteiger partial charge in [-0.15, -0.1) is 0 Å². The Hall–Kier alpha value is -4.87. The molecule has 6 aromatic rings. The largest absolute Gasteiger partial charge is 0.453 e. The molecule has 2 aliphatic heterocycles. The fourth-order valence-electron chi connectivity index (χ4n) is 6.71. The molecule has 4 nitrogen and oxygen atoms in total. The highest BCUT2D eigenvalue weighted by molar-refractivity contribution is 7.99. The quantitative estimate of drug-likeness (QED) is 0.211. The number of rotatable bonds is 1. The lowest BCUT2D eigenvalue weighted by atomic mass is 9.67. The summed E-state index contributed by atoms with van der Waals surface area (Å²) in [5.41, 5.74) is 9.45. The fourth-order valence-corrected chi connectivity index (χ4v) is 8.00. The van der Waals surface area contributed by atoms with Crippen LogP contribution in [-0.2, 0) is 5.41 Å². The lowest BCUT2D eigenvalue weighted by Gasteiger charge is -2.41. The molecule has 3 aliphatic rings. The maximum absolute atomic E-state index is 6.35. The van der Waals surface area contributed by atoms with Crippen LogP contribution in [0.4, 0.5) is 17.1 Å². The maximum atomic E-state index is 6.35. The molecule has 0 fully saturated rings. The van der Waals surface area contributed by atoms with Crippen molar-refractivity contribution in [3.63, 3.8) is 0 Å². The summed E-state index contributed by atoms with van der Waals surface area (Å²) in [5, 5.41) is 0. The number of benzene rings is 4. The van der Waals surface area contributed by atoms with Crippen molar-refractivity contribution in [2.75, 3.05) is 4.90 Å². The highest BCUT2D eigenvalue weighted by atomic mass is 32.2. The van der Waals surface area contributed by atoms with E-state index in [1.54, 1.807) is 0 Å². The van der Waals surface area contributed by atoms with Crippen LogP contribution in [0.25, 0.3) is 11.4 Å². The van der Waals surface area contributed by atoms with Crippen molar-refractivity contribution < 1.29 is 4.74 Å². The van der Waals surface area contributed by atoms with Gasteiger partial charge in [0.2, 0.25) is 0 Å². The minimum Gasteiger partial charge on any atom is -0.453 e. The van der Waals surface area contributed by atoms with E-state index in [1.807, 2.05) is 48.4 Å². The van der Waals surface area contributed by atoms with Crippen LogP contribution in [0.3, 0.4) is 0 Å². The standard InChI is InChI=1S/C35H21N3OS/c1-6-19-31-22(10-1)35(23-12-8-20-36-32(23)33-24(35)13-9-21-37-33)25-11-7-16-28(34(25)40-31)38-26-14-2-4-17-29(26)39-30-18-5-3-15-27(30)38/h1-21H. The molecule has 188 valence electrons. The van der Waals surface area contributed by atoms with Crippen molar-refractivity contribution in [1.82, 2.24) is 9.97 Å². The molecule has 0 N–H and O–H groups in total. The van der Waals surface area contributed by atoms with Gasteiger partial charge in [0.05, 0.1) is 33.9 Å². The lowest BCUT2D eigenvalue weighted by molar-refractivity contribution is 0.477. The van der Waals surface area contributed by atoms with E-state index in [9.17, 15) is 0 Å².